The Kier molecular flexibility index (Phi) is 9.72. The Morgan fingerprint density at radius 3 is 2.27 bits per heavy atom. The predicted octanol–water partition coefficient (Wildman–Crippen LogP) is 9.62. The number of fused-ring (bicyclic) bond motifs is 2. The Morgan fingerprint density at radius 1 is 1.03 bits per heavy atom. The second-order valence-corrected chi connectivity index (χ2v) is 15.7. The van der Waals surface area contributed by atoms with E-state index in [1.54, 1.807) is 0 Å². The lowest BCUT2D eigenvalue weighted by Crippen LogP contribution is -2.58. The van der Waals surface area contributed by atoms with Gasteiger partial charge in [0, 0.05) is 13.1 Å². The molecule has 3 rings (SSSR count). The van der Waals surface area contributed by atoms with Crippen LogP contribution in [0.15, 0.2) is 0 Å². The van der Waals surface area contributed by atoms with E-state index in [0.717, 1.165) is 45.3 Å². The topological polar surface area (TPSA) is 0 Å². The molecule has 0 amide bonds. The van der Waals surface area contributed by atoms with Crippen LogP contribution < -0.4 is 0 Å². The van der Waals surface area contributed by atoms with Crippen LogP contribution in [0.3, 0.4) is 0 Å². The summed E-state index contributed by atoms with van der Waals surface area (Å²) in [5.41, 5.74) is 0.463. The first kappa shape index (κ1) is 26.4. The summed E-state index contributed by atoms with van der Waals surface area (Å²) in [7, 11) is 0. The SMILES string of the molecule is CCC1(CC2CCC2)C2CC(CCC(C(C)C(C)C[C@H](C)I)C2)CC1(S)C(C)CI. The number of hydrogen-bond acceptors (Lipinski definition) is 1. The lowest BCUT2D eigenvalue weighted by Gasteiger charge is -2.61. The summed E-state index contributed by atoms with van der Waals surface area (Å²) in [6.07, 6.45) is 16.0. The molecule has 0 N–H and O–H groups in total. The minimum Gasteiger partial charge on any atom is -0.172 e. The maximum atomic E-state index is 5.74. The van der Waals surface area contributed by atoms with Gasteiger partial charge in [-0.15, -0.1) is 0 Å². The van der Waals surface area contributed by atoms with E-state index in [4.69, 9.17) is 12.6 Å². The fraction of sp³-hybridized carbons (Fsp3) is 1.00. The van der Waals surface area contributed by atoms with E-state index in [-0.39, 0.29) is 4.75 Å². The minimum absolute atomic E-state index is 0.243. The fourth-order valence-corrected chi connectivity index (χ4v) is 10.6. The molecule has 0 nitrogen and oxygen atoms in total. The van der Waals surface area contributed by atoms with Crippen LogP contribution in [0.25, 0.3) is 0 Å². The maximum absolute atomic E-state index is 5.74. The van der Waals surface area contributed by atoms with Crippen molar-refractivity contribution in [1.29, 1.82) is 0 Å². The van der Waals surface area contributed by atoms with Gasteiger partial charge in [-0.1, -0.05) is 105 Å². The highest BCUT2D eigenvalue weighted by Gasteiger charge is 2.60. The molecule has 3 saturated carbocycles. The molecular weight excluding hydrogens is 610 g/mol. The molecule has 3 aliphatic carbocycles. The van der Waals surface area contributed by atoms with Crippen LogP contribution in [-0.4, -0.2) is 13.1 Å². The first-order chi connectivity index (χ1) is 14.2. The number of alkyl halides is 2. The molecule has 0 heterocycles. The predicted molar refractivity (Wildman–Crippen MR) is 154 cm³/mol. The molecule has 0 saturated heterocycles. The van der Waals surface area contributed by atoms with Crippen molar-refractivity contribution in [3.8, 4) is 0 Å². The van der Waals surface area contributed by atoms with E-state index in [9.17, 15) is 0 Å². The zero-order valence-electron chi connectivity index (χ0n) is 20.3. The molecule has 0 aliphatic heterocycles. The normalized spacial score (nSPS) is 41.4. The van der Waals surface area contributed by atoms with E-state index < -0.39 is 0 Å². The van der Waals surface area contributed by atoms with Crippen LogP contribution in [0.2, 0.25) is 0 Å². The third kappa shape index (κ3) is 5.23. The third-order valence-corrected chi connectivity index (χ3v) is 13.2. The monoisotopic (exact) mass is 658 g/mol. The van der Waals surface area contributed by atoms with Gasteiger partial charge in [-0.25, -0.2) is 0 Å². The lowest BCUT2D eigenvalue weighted by atomic mass is 9.49. The Labute approximate surface area is 221 Å². The summed E-state index contributed by atoms with van der Waals surface area (Å²) in [5, 5.41) is 0. The molecule has 30 heavy (non-hydrogen) atoms. The Bertz CT molecular complexity index is 547. The van der Waals surface area contributed by atoms with Crippen LogP contribution in [0.5, 0.6) is 0 Å². The van der Waals surface area contributed by atoms with Crippen LogP contribution in [0.1, 0.15) is 105 Å². The summed E-state index contributed by atoms with van der Waals surface area (Å²) in [6, 6.07) is 0. The molecule has 9 atom stereocenters. The molecule has 3 aliphatic rings. The van der Waals surface area contributed by atoms with Gasteiger partial charge in [0.05, 0.1) is 0 Å². The number of hydrogen-bond donors (Lipinski definition) is 1. The summed E-state index contributed by atoms with van der Waals surface area (Å²) in [5.74, 6) is 6.21. The zero-order valence-corrected chi connectivity index (χ0v) is 25.5. The first-order valence-electron chi connectivity index (χ1n) is 13.1. The van der Waals surface area contributed by atoms with Crippen molar-refractivity contribution in [2.75, 3.05) is 4.43 Å². The Morgan fingerprint density at radius 2 is 1.73 bits per heavy atom. The van der Waals surface area contributed by atoms with Crippen molar-refractivity contribution in [1.82, 2.24) is 0 Å². The quantitative estimate of drug-likeness (QED) is 0.142. The van der Waals surface area contributed by atoms with Crippen LogP contribution in [0.4, 0.5) is 0 Å². The molecule has 176 valence electrons. The molecule has 3 fully saturated rings. The highest BCUT2D eigenvalue weighted by atomic mass is 127. The van der Waals surface area contributed by atoms with Gasteiger partial charge in [-0.2, -0.15) is 12.6 Å². The molecule has 0 radical (unpaired) electrons. The molecule has 8 unspecified atom stereocenters. The van der Waals surface area contributed by atoms with Crippen LogP contribution in [0, 0.1) is 46.8 Å². The van der Waals surface area contributed by atoms with Crippen molar-refractivity contribution in [2.24, 2.45) is 46.8 Å². The number of rotatable bonds is 9. The summed E-state index contributed by atoms with van der Waals surface area (Å²) >= 11 is 11.0. The van der Waals surface area contributed by atoms with E-state index >= 15 is 0 Å². The summed E-state index contributed by atoms with van der Waals surface area (Å²) in [6.45, 7) is 12.6. The second kappa shape index (κ2) is 11.0. The average molecular weight is 659 g/mol. The van der Waals surface area contributed by atoms with Crippen molar-refractivity contribution in [3.05, 3.63) is 0 Å². The summed E-state index contributed by atoms with van der Waals surface area (Å²) in [4.78, 5) is 0. The first-order valence-corrected chi connectivity index (χ1v) is 16.3. The van der Waals surface area contributed by atoms with E-state index in [1.165, 1.54) is 75.1 Å². The highest BCUT2D eigenvalue weighted by Crippen LogP contribution is 2.65. The van der Waals surface area contributed by atoms with Gasteiger partial charge in [0.2, 0.25) is 0 Å². The minimum atomic E-state index is 0.243. The molecule has 0 aromatic carbocycles. The van der Waals surface area contributed by atoms with Gasteiger partial charge in [0.25, 0.3) is 0 Å². The van der Waals surface area contributed by atoms with Crippen molar-refractivity contribution >= 4 is 57.8 Å². The molecule has 2 bridgehead atoms. The standard InChI is InChI=1S/C27H48I2S/c1-6-26(15-22-8-7-9-22)25-13-23(16-27(26,30)19(3)17-28)10-11-24(14-25)21(5)18(2)12-20(4)29/h18-25,30H,6-17H2,1-5H3/t18?,19?,20-,21?,23?,24?,25?,26?,27?/m0/s1. The average Bonchev–Trinajstić information content (AvgIpc) is 2.85. The Balaban J connectivity index is 1.91. The van der Waals surface area contributed by atoms with Crippen molar-refractivity contribution in [2.45, 2.75) is 114 Å². The lowest BCUT2D eigenvalue weighted by molar-refractivity contribution is -0.0388. The van der Waals surface area contributed by atoms with Gasteiger partial charge >= 0.3 is 0 Å². The van der Waals surface area contributed by atoms with Crippen LogP contribution >= 0.6 is 57.8 Å². The molecule has 0 aromatic heterocycles. The van der Waals surface area contributed by atoms with Crippen molar-refractivity contribution in [3.63, 3.8) is 0 Å². The number of thiol groups is 1. The van der Waals surface area contributed by atoms with Gasteiger partial charge in [-0.05, 0) is 91.8 Å². The van der Waals surface area contributed by atoms with Gasteiger partial charge < -0.3 is 0 Å². The van der Waals surface area contributed by atoms with Gasteiger partial charge in [0.1, 0.15) is 0 Å². The number of halogens is 2. The van der Waals surface area contributed by atoms with Gasteiger partial charge in [-0.3, -0.25) is 0 Å². The fourth-order valence-electron chi connectivity index (χ4n) is 7.97. The molecule has 3 heteroatoms. The maximum Gasteiger partial charge on any atom is 0.0224 e. The second-order valence-electron chi connectivity index (χ2n) is 11.9. The van der Waals surface area contributed by atoms with Crippen LogP contribution in [-0.2, 0) is 0 Å². The highest BCUT2D eigenvalue weighted by molar-refractivity contribution is 14.1. The molecule has 0 aromatic rings. The van der Waals surface area contributed by atoms with E-state index in [1.807, 2.05) is 0 Å². The summed E-state index contributed by atoms with van der Waals surface area (Å²) < 4.78 is 2.30. The van der Waals surface area contributed by atoms with Gasteiger partial charge in [0.15, 0.2) is 0 Å². The largest absolute Gasteiger partial charge is 0.172 e. The van der Waals surface area contributed by atoms with E-state index in [2.05, 4.69) is 79.8 Å². The zero-order chi connectivity index (χ0) is 22.1. The third-order valence-electron chi connectivity index (χ3n) is 10.3. The van der Waals surface area contributed by atoms with E-state index in [0.29, 0.717) is 5.41 Å². The smallest absolute Gasteiger partial charge is 0.0224 e. The Hall–Kier alpha value is 1.81. The van der Waals surface area contributed by atoms with Crippen molar-refractivity contribution < 1.29 is 0 Å². The molecule has 0 spiro atoms. The molecular formula is C27H48I2S.